The van der Waals surface area contributed by atoms with Gasteiger partial charge in [-0.2, -0.15) is 0 Å². The van der Waals surface area contributed by atoms with Crippen LogP contribution in [0.3, 0.4) is 0 Å². The summed E-state index contributed by atoms with van der Waals surface area (Å²) in [4.78, 5) is 12.5. The highest BCUT2D eigenvalue weighted by Gasteiger charge is 2.28. The van der Waals surface area contributed by atoms with Gasteiger partial charge in [0.25, 0.3) is 0 Å². The Morgan fingerprint density at radius 2 is 0.654 bits per heavy atom. The summed E-state index contributed by atoms with van der Waals surface area (Å²) in [5.74, 6) is -0.578. The average Bonchev–Trinajstić information content (AvgIpc) is 3.15. The number of carbonyl (C=O) groups is 1. The number of hydrogen-bond acceptors (Lipinski definition) is 5. The molecule has 0 fully saturated rings. The van der Waals surface area contributed by atoms with Crippen molar-refractivity contribution in [2.24, 2.45) is 0 Å². The Morgan fingerprint density at radius 1 is 0.404 bits per heavy atom. The summed E-state index contributed by atoms with van der Waals surface area (Å²) in [5.41, 5.74) is 0. The second kappa shape index (κ2) is 41.5. The van der Waals surface area contributed by atoms with Crippen molar-refractivity contribution in [1.29, 1.82) is 0 Å². The van der Waals surface area contributed by atoms with E-state index in [1.807, 2.05) is 0 Å². The van der Waals surface area contributed by atoms with E-state index in [9.17, 15) is 25.2 Å². The third-order valence-corrected chi connectivity index (χ3v) is 11.3. The Bertz CT molecular complexity index is 706. The highest BCUT2D eigenvalue weighted by Crippen LogP contribution is 2.17. The summed E-state index contributed by atoms with van der Waals surface area (Å²) in [6.45, 7) is 4.07. The molecular weight excluding hydrogens is 647 g/mol. The Morgan fingerprint density at radius 3 is 0.923 bits per heavy atom. The summed E-state index contributed by atoms with van der Waals surface area (Å²) >= 11 is 0. The van der Waals surface area contributed by atoms with E-state index in [-0.39, 0.29) is 0 Å². The predicted octanol–water partition coefficient (Wildman–Crippen LogP) is 12.4. The number of nitrogens with one attached hydrogen (secondary N) is 1. The molecule has 1 amide bonds. The molecule has 312 valence electrons. The minimum Gasteiger partial charge on any atom is -0.394 e. The molecule has 52 heavy (non-hydrogen) atoms. The van der Waals surface area contributed by atoms with Crippen LogP contribution in [0, 0.1) is 0 Å². The van der Waals surface area contributed by atoms with Crippen LogP contribution in [0.2, 0.25) is 0 Å². The molecule has 0 saturated carbocycles. The minimum absolute atomic E-state index is 0.376. The molecule has 0 spiro atoms. The van der Waals surface area contributed by atoms with Crippen LogP contribution in [0.25, 0.3) is 0 Å². The predicted molar refractivity (Wildman–Crippen MR) is 224 cm³/mol. The lowest BCUT2D eigenvalue weighted by molar-refractivity contribution is -0.132. The van der Waals surface area contributed by atoms with Crippen LogP contribution < -0.4 is 5.32 Å². The molecule has 0 aliphatic heterocycles. The Hall–Kier alpha value is -0.690. The van der Waals surface area contributed by atoms with Gasteiger partial charge in [-0.15, -0.1) is 0 Å². The average molecular weight is 740 g/mol. The molecule has 6 heteroatoms. The normalized spacial score (nSPS) is 14.0. The first-order valence-electron chi connectivity index (χ1n) is 23.4. The van der Waals surface area contributed by atoms with Gasteiger partial charge in [0.2, 0.25) is 5.91 Å². The van der Waals surface area contributed by atoms with Crippen LogP contribution in [0.4, 0.5) is 0 Å². The second-order valence-corrected chi connectivity index (χ2v) is 16.5. The summed E-state index contributed by atoms with van der Waals surface area (Å²) < 4.78 is 0. The largest absolute Gasteiger partial charge is 0.394 e. The molecule has 0 saturated heterocycles. The molecule has 0 heterocycles. The summed E-state index contributed by atoms with van der Waals surface area (Å²) in [7, 11) is 0. The zero-order chi connectivity index (χ0) is 38.2. The van der Waals surface area contributed by atoms with Crippen LogP contribution in [-0.4, -0.2) is 57.3 Å². The van der Waals surface area contributed by atoms with Crippen molar-refractivity contribution >= 4 is 5.91 Å². The SMILES string of the molecule is CCCCCCCCCCCCCCCCCCCCCCCC[C@@H](O)C(=O)N[C@H](CO)[C@H](O)[C@H](O)CCCCCCCCCCCCCCCC. The molecular formula is C46H93NO5. The molecule has 0 radical (unpaired) electrons. The van der Waals surface area contributed by atoms with E-state index in [1.165, 1.54) is 193 Å². The number of unbranched alkanes of at least 4 members (excludes halogenated alkanes) is 34. The Balaban J connectivity index is 3.64. The van der Waals surface area contributed by atoms with E-state index < -0.39 is 36.9 Å². The van der Waals surface area contributed by atoms with Crippen LogP contribution in [0.1, 0.15) is 258 Å². The molecule has 0 aliphatic rings. The van der Waals surface area contributed by atoms with Crippen molar-refractivity contribution in [2.75, 3.05) is 6.61 Å². The smallest absolute Gasteiger partial charge is 0.249 e. The molecule has 0 aliphatic carbocycles. The molecule has 0 aromatic carbocycles. The van der Waals surface area contributed by atoms with Crippen molar-refractivity contribution in [1.82, 2.24) is 5.32 Å². The molecule has 0 rings (SSSR count). The zero-order valence-electron chi connectivity index (χ0n) is 35.1. The Kier molecular flexibility index (Phi) is 40.9. The molecule has 0 bridgehead atoms. The number of aliphatic hydroxyl groups is 4. The van der Waals surface area contributed by atoms with Gasteiger partial charge in [0.1, 0.15) is 12.2 Å². The topological polar surface area (TPSA) is 110 Å². The number of carbonyl (C=O) groups excluding carboxylic acids is 1. The van der Waals surface area contributed by atoms with Crippen molar-refractivity contribution < 1.29 is 25.2 Å². The van der Waals surface area contributed by atoms with E-state index in [1.54, 1.807) is 0 Å². The first kappa shape index (κ1) is 51.3. The van der Waals surface area contributed by atoms with Crippen molar-refractivity contribution in [3.63, 3.8) is 0 Å². The molecule has 0 aromatic heterocycles. The summed E-state index contributed by atoms with van der Waals surface area (Å²) in [6.07, 6.45) is 44.2. The summed E-state index contributed by atoms with van der Waals surface area (Å²) in [6, 6.07) is -0.978. The quantitative estimate of drug-likeness (QED) is 0.0400. The number of hydrogen-bond donors (Lipinski definition) is 5. The standard InChI is InChI=1S/C46H93NO5/c1-3-5-7-9-11-13-15-17-19-20-21-22-23-24-25-26-28-30-32-34-36-38-40-44(50)46(52)47-42(41-48)45(51)43(49)39-37-35-33-31-29-27-18-16-14-12-10-8-6-4-2/h42-45,48-51H,3-41H2,1-2H3,(H,47,52)/t42-,43-,44-,45+/m1/s1. The number of amides is 1. The molecule has 6 nitrogen and oxygen atoms in total. The maximum absolute atomic E-state index is 12.5. The number of aliphatic hydroxyl groups excluding tert-OH is 4. The first-order valence-corrected chi connectivity index (χ1v) is 23.4. The molecule has 0 aromatic rings. The Labute approximate surface area is 324 Å². The van der Waals surface area contributed by atoms with E-state index in [4.69, 9.17) is 0 Å². The van der Waals surface area contributed by atoms with E-state index in [2.05, 4.69) is 19.2 Å². The maximum Gasteiger partial charge on any atom is 0.249 e. The minimum atomic E-state index is -1.25. The van der Waals surface area contributed by atoms with Crippen molar-refractivity contribution in [3.05, 3.63) is 0 Å². The molecule has 0 unspecified atom stereocenters. The number of rotatable bonds is 43. The third-order valence-electron chi connectivity index (χ3n) is 11.3. The van der Waals surface area contributed by atoms with E-state index in [0.717, 1.165) is 38.5 Å². The highest BCUT2D eigenvalue weighted by molar-refractivity contribution is 5.80. The van der Waals surface area contributed by atoms with E-state index >= 15 is 0 Å². The fraction of sp³-hybridized carbons (Fsp3) is 0.978. The third kappa shape index (κ3) is 35.0. The highest BCUT2D eigenvalue weighted by atomic mass is 16.3. The van der Waals surface area contributed by atoms with Gasteiger partial charge in [-0.25, -0.2) is 0 Å². The fourth-order valence-corrected chi connectivity index (χ4v) is 7.58. The molecule has 4 atom stereocenters. The lowest BCUT2D eigenvalue weighted by atomic mass is 9.99. The van der Waals surface area contributed by atoms with Crippen LogP contribution >= 0.6 is 0 Å². The molecule has 5 N–H and O–H groups in total. The van der Waals surface area contributed by atoms with Gasteiger partial charge < -0.3 is 25.7 Å². The van der Waals surface area contributed by atoms with Crippen LogP contribution in [0.5, 0.6) is 0 Å². The van der Waals surface area contributed by atoms with Gasteiger partial charge in [0, 0.05) is 0 Å². The lowest BCUT2D eigenvalue weighted by Crippen LogP contribution is -2.53. The first-order chi connectivity index (χ1) is 25.5. The van der Waals surface area contributed by atoms with Gasteiger partial charge in [0.05, 0.1) is 18.8 Å². The zero-order valence-corrected chi connectivity index (χ0v) is 35.1. The van der Waals surface area contributed by atoms with Crippen LogP contribution in [-0.2, 0) is 4.79 Å². The van der Waals surface area contributed by atoms with Gasteiger partial charge in [-0.1, -0.05) is 245 Å². The monoisotopic (exact) mass is 740 g/mol. The van der Waals surface area contributed by atoms with Gasteiger partial charge in [-0.05, 0) is 12.8 Å². The fourth-order valence-electron chi connectivity index (χ4n) is 7.58. The van der Waals surface area contributed by atoms with Crippen molar-refractivity contribution in [2.45, 2.75) is 282 Å². The second-order valence-electron chi connectivity index (χ2n) is 16.5. The lowest BCUT2D eigenvalue weighted by Gasteiger charge is -2.27. The van der Waals surface area contributed by atoms with Gasteiger partial charge >= 0.3 is 0 Å². The van der Waals surface area contributed by atoms with E-state index in [0.29, 0.717) is 12.8 Å². The van der Waals surface area contributed by atoms with Crippen molar-refractivity contribution in [3.8, 4) is 0 Å². The maximum atomic E-state index is 12.5. The van der Waals surface area contributed by atoms with Crippen LogP contribution in [0.15, 0.2) is 0 Å². The summed E-state index contributed by atoms with van der Waals surface area (Å²) in [5, 5.41) is 43.7. The van der Waals surface area contributed by atoms with Gasteiger partial charge in [-0.3, -0.25) is 4.79 Å². The van der Waals surface area contributed by atoms with Gasteiger partial charge in [0.15, 0.2) is 0 Å².